The van der Waals surface area contributed by atoms with Gasteiger partial charge in [-0.2, -0.15) is 0 Å². The molecule has 2 fully saturated rings. The van der Waals surface area contributed by atoms with Crippen molar-refractivity contribution in [2.24, 2.45) is 17.3 Å². The number of carbonyl (C=O) groups is 1. The molecule has 2 saturated carbocycles. The van der Waals surface area contributed by atoms with Crippen molar-refractivity contribution in [3.63, 3.8) is 0 Å². The second kappa shape index (κ2) is 5.52. The van der Waals surface area contributed by atoms with E-state index in [4.69, 9.17) is 4.74 Å². The third-order valence-electron chi connectivity index (χ3n) is 5.22. The van der Waals surface area contributed by atoms with Gasteiger partial charge < -0.3 is 4.74 Å². The van der Waals surface area contributed by atoms with Crippen LogP contribution in [0.1, 0.15) is 52.9 Å². The van der Waals surface area contributed by atoms with E-state index in [1.165, 1.54) is 38.2 Å². The first-order valence-electron chi connectivity index (χ1n) is 7.41. The number of allylic oxidation sites excluding steroid dienone is 2. The second-order valence-corrected chi connectivity index (χ2v) is 6.52. The molecule has 0 aromatic rings. The normalized spacial score (nSPS) is 33.8. The molecule has 0 heterocycles. The minimum Gasteiger partial charge on any atom is -0.461 e. The van der Waals surface area contributed by atoms with Crippen LogP contribution in [0.3, 0.4) is 0 Å². The zero-order valence-corrected chi connectivity index (χ0v) is 12.5. The maximum atomic E-state index is 10.8. The van der Waals surface area contributed by atoms with Crippen LogP contribution >= 0.6 is 0 Å². The van der Waals surface area contributed by atoms with Crippen LogP contribution in [0.15, 0.2) is 23.8 Å². The number of ether oxygens (including phenoxy) is 1. The zero-order valence-electron chi connectivity index (χ0n) is 12.5. The maximum absolute atomic E-state index is 10.8. The predicted molar refractivity (Wildman–Crippen MR) is 77.7 cm³/mol. The molecule has 0 aliphatic heterocycles. The van der Waals surface area contributed by atoms with Gasteiger partial charge in [0.1, 0.15) is 6.61 Å². The Labute approximate surface area is 116 Å². The molecule has 3 atom stereocenters. The summed E-state index contributed by atoms with van der Waals surface area (Å²) in [5.74, 6) is 1.44. The topological polar surface area (TPSA) is 26.3 Å². The third kappa shape index (κ3) is 2.93. The molecule has 2 unspecified atom stereocenters. The number of hydrogen-bond donors (Lipinski definition) is 0. The molecule has 0 aromatic heterocycles. The van der Waals surface area contributed by atoms with Crippen molar-refractivity contribution in [3.05, 3.63) is 23.8 Å². The van der Waals surface area contributed by atoms with E-state index in [0.717, 1.165) is 23.8 Å². The predicted octanol–water partition coefficient (Wildman–Crippen LogP) is 4.27. The monoisotopic (exact) mass is 262 g/mol. The Bertz CT molecular complexity index is 407. The number of esters is 1. The highest BCUT2D eigenvalue weighted by Gasteiger charge is 2.49. The first-order chi connectivity index (χ1) is 8.93. The van der Waals surface area contributed by atoms with Gasteiger partial charge in [0, 0.05) is 6.92 Å². The van der Waals surface area contributed by atoms with Gasteiger partial charge in [-0.15, -0.1) is 0 Å². The van der Waals surface area contributed by atoms with E-state index in [1.54, 1.807) is 0 Å². The highest BCUT2D eigenvalue weighted by molar-refractivity contribution is 5.66. The van der Waals surface area contributed by atoms with Crippen molar-refractivity contribution in [1.29, 1.82) is 0 Å². The standard InChI is InChI=1S/C17H26O2/c1-12(11-19-14(3)18)6-5-9-17(4)13(2)15-7-8-16(17)10-15/h6,15-16H,2,5,7-11H2,1,3-4H3/b12-6+/t15?,16?,17-/m1/s1. The summed E-state index contributed by atoms with van der Waals surface area (Å²) in [6.45, 7) is 10.7. The Kier molecular flexibility index (Phi) is 4.17. The van der Waals surface area contributed by atoms with Gasteiger partial charge in [-0.25, -0.2) is 0 Å². The van der Waals surface area contributed by atoms with E-state index in [9.17, 15) is 4.79 Å². The minimum absolute atomic E-state index is 0.207. The van der Waals surface area contributed by atoms with Gasteiger partial charge in [-0.05, 0) is 61.9 Å². The van der Waals surface area contributed by atoms with E-state index >= 15 is 0 Å². The number of hydrogen-bond acceptors (Lipinski definition) is 2. The SMILES string of the molecule is C=C1C2CCC(C2)[C@]1(C)CC/C=C(\C)COC(C)=O. The molecule has 2 aliphatic rings. The largest absolute Gasteiger partial charge is 0.461 e. The van der Waals surface area contributed by atoms with Crippen LogP contribution < -0.4 is 0 Å². The van der Waals surface area contributed by atoms with E-state index in [-0.39, 0.29) is 5.97 Å². The molecule has 0 N–H and O–H groups in total. The third-order valence-corrected chi connectivity index (χ3v) is 5.22. The first kappa shape index (κ1) is 14.4. The van der Waals surface area contributed by atoms with Crippen LogP contribution in [0, 0.1) is 17.3 Å². The van der Waals surface area contributed by atoms with Gasteiger partial charge in [-0.3, -0.25) is 4.79 Å². The molecule has 106 valence electrons. The molecular formula is C17H26O2. The minimum atomic E-state index is -0.207. The fourth-order valence-corrected chi connectivity index (χ4v) is 3.86. The van der Waals surface area contributed by atoms with E-state index in [1.807, 2.05) is 6.92 Å². The molecule has 0 saturated heterocycles. The Morgan fingerprint density at radius 2 is 2.21 bits per heavy atom. The van der Waals surface area contributed by atoms with Crippen LogP contribution in [-0.4, -0.2) is 12.6 Å². The molecule has 0 aromatic carbocycles. The van der Waals surface area contributed by atoms with E-state index < -0.39 is 0 Å². The fraction of sp³-hybridized carbons (Fsp3) is 0.706. The molecule has 19 heavy (non-hydrogen) atoms. The number of fused-ring (bicyclic) bond motifs is 2. The van der Waals surface area contributed by atoms with Gasteiger partial charge in [0.2, 0.25) is 0 Å². The summed E-state index contributed by atoms with van der Waals surface area (Å²) < 4.78 is 5.00. The highest BCUT2D eigenvalue weighted by Crippen LogP contribution is 2.60. The summed E-state index contributed by atoms with van der Waals surface area (Å²) >= 11 is 0. The molecule has 2 bridgehead atoms. The Morgan fingerprint density at radius 3 is 2.79 bits per heavy atom. The first-order valence-corrected chi connectivity index (χ1v) is 7.41. The Balaban J connectivity index is 1.84. The second-order valence-electron chi connectivity index (χ2n) is 6.52. The maximum Gasteiger partial charge on any atom is 0.302 e. The Morgan fingerprint density at radius 1 is 1.47 bits per heavy atom. The van der Waals surface area contributed by atoms with Gasteiger partial charge in [0.15, 0.2) is 0 Å². The van der Waals surface area contributed by atoms with Crippen molar-refractivity contribution in [1.82, 2.24) is 0 Å². The average Bonchev–Trinajstić information content (AvgIpc) is 2.91. The summed E-state index contributed by atoms with van der Waals surface area (Å²) in [6, 6.07) is 0. The van der Waals surface area contributed by atoms with E-state index in [0.29, 0.717) is 12.0 Å². The molecule has 0 spiro atoms. The van der Waals surface area contributed by atoms with Gasteiger partial charge in [0.25, 0.3) is 0 Å². The van der Waals surface area contributed by atoms with Crippen molar-refractivity contribution in [2.45, 2.75) is 52.9 Å². The average molecular weight is 262 g/mol. The lowest BCUT2D eigenvalue weighted by Crippen LogP contribution is -2.26. The highest BCUT2D eigenvalue weighted by atomic mass is 16.5. The lowest BCUT2D eigenvalue weighted by Gasteiger charge is -2.36. The van der Waals surface area contributed by atoms with Crippen LogP contribution in [0.2, 0.25) is 0 Å². The lowest BCUT2D eigenvalue weighted by atomic mass is 9.69. The van der Waals surface area contributed by atoms with Crippen molar-refractivity contribution < 1.29 is 9.53 Å². The smallest absolute Gasteiger partial charge is 0.302 e. The fourth-order valence-electron chi connectivity index (χ4n) is 3.86. The van der Waals surface area contributed by atoms with Crippen LogP contribution in [-0.2, 0) is 9.53 Å². The summed E-state index contributed by atoms with van der Waals surface area (Å²) in [7, 11) is 0. The summed E-state index contributed by atoms with van der Waals surface area (Å²) in [5.41, 5.74) is 2.99. The molecule has 2 nitrogen and oxygen atoms in total. The van der Waals surface area contributed by atoms with Crippen LogP contribution in [0.25, 0.3) is 0 Å². The number of carbonyl (C=O) groups excluding carboxylic acids is 1. The van der Waals surface area contributed by atoms with Gasteiger partial charge in [0.05, 0.1) is 0 Å². The van der Waals surface area contributed by atoms with Crippen molar-refractivity contribution in [3.8, 4) is 0 Å². The van der Waals surface area contributed by atoms with Gasteiger partial charge >= 0.3 is 5.97 Å². The molecule has 2 heteroatoms. The molecule has 0 amide bonds. The molecular weight excluding hydrogens is 236 g/mol. The van der Waals surface area contributed by atoms with Crippen molar-refractivity contribution in [2.75, 3.05) is 6.61 Å². The quantitative estimate of drug-likeness (QED) is 0.546. The lowest BCUT2D eigenvalue weighted by molar-refractivity contribution is -0.139. The zero-order chi connectivity index (χ0) is 14.0. The summed E-state index contributed by atoms with van der Waals surface area (Å²) in [6.07, 6.45) is 8.58. The molecule has 2 aliphatic carbocycles. The summed E-state index contributed by atoms with van der Waals surface area (Å²) in [5, 5.41) is 0. The summed E-state index contributed by atoms with van der Waals surface area (Å²) in [4.78, 5) is 10.8. The van der Waals surface area contributed by atoms with Crippen LogP contribution in [0.4, 0.5) is 0 Å². The Hall–Kier alpha value is -1.05. The van der Waals surface area contributed by atoms with Crippen LogP contribution in [0.5, 0.6) is 0 Å². The van der Waals surface area contributed by atoms with Crippen molar-refractivity contribution >= 4 is 5.97 Å². The molecule has 0 radical (unpaired) electrons. The van der Waals surface area contributed by atoms with E-state index in [2.05, 4.69) is 19.6 Å². The van der Waals surface area contributed by atoms with Gasteiger partial charge in [-0.1, -0.05) is 25.2 Å². The molecule has 2 rings (SSSR count). The number of rotatable bonds is 5.